The fourth-order valence-corrected chi connectivity index (χ4v) is 1.72. The molecule has 0 aliphatic rings. The number of benzene rings is 1. The molecule has 0 unspecified atom stereocenters. The van der Waals surface area contributed by atoms with Gasteiger partial charge in [-0.2, -0.15) is 0 Å². The van der Waals surface area contributed by atoms with Crippen molar-refractivity contribution < 1.29 is 18.7 Å². The van der Waals surface area contributed by atoms with Gasteiger partial charge in [0.2, 0.25) is 6.86 Å². The standard InChI is InChI=1S/C11H10ClFO3S/c1-6(14)8-4-10(17)9(12)2-7(8)3-11(15)16-5-13/h2,4,17H,3,5H2,1H3. The van der Waals surface area contributed by atoms with Crippen LogP contribution in [0.25, 0.3) is 0 Å². The van der Waals surface area contributed by atoms with Crippen LogP contribution in [-0.2, 0) is 16.0 Å². The van der Waals surface area contributed by atoms with Crippen LogP contribution in [0.5, 0.6) is 0 Å². The van der Waals surface area contributed by atoms with Crippen molar-refractivity contribution in [2.24, 2.45) is 0 Å². The Morgan fingerprint density at radius 3 is 2.65 bits per heavy atom. The lowest BCUT2D eigenvalue weighted by Gasteiger charge is -2.08. The second-order valence-corrected chi connectivity index (χ2v) is 4.21. The summed E-state index contributed by atoms with van der Waals surface area (Å²) in [6.45, 7) is 0.174. The topological polar surface area (TPSA) is 43.4 Å². The first-order valence-corrected chi connectivity index (χ1v) is 5.52. The molecule has 0 aliphatic carbocycles. The fourth-order valence-electron chi connectivity index (χ4n) is 1.34. The first-order chi connectivity index (χ1) is 7.95. The van der Waals surface area contributed by atoms with E-state index in [1.54, 1.807) is 0 Å². The van der Waals surface area contributed by atoms with E-state index in [9.17, 15) is 14.0 Å². The average molecular weight is 277 g/mol. The van der Waals surface area contributed by atoms with Gasteiger partial charge in [0.15, 0.2) is 5.78 Å². The number of hydrogen-bond donors (Lipinski definition) is 1. The minimum Gasteiger partial charge on any atom is -0.433 e. The highest BCUT2D eigenvalue weighted by molar-refractivity contribution is 7.80. The Morgan fingerprint density at radius 1 is 1.47 bits per heavy atom. The van der Waals surface area contributed by atoms with Gasteiger partial charge in [-0.15, -0.1) is 12.6 Å². The summed E-state index contributed by atoms with van der Waals surface area (Å²) < 4.78 is 16.0. The summed E-state index contributed by atoms with van der Waals surface area (Å²) in [5, 5.41) is 0.321. The molecule has 1 rings (SSSR count). The zero-order chi connectivity index (χ0) is 13.0. The van der Waals surface area contributed by atoms with Gasteiger partial charge in [0.25, 0.3) is 0 Å². The monoisotopic (exact) mass is 276 g/mol. The SMILES string of the molecule is CC(=O)c1cc(S)c(Cl)cc1CC(=O)OCF. The number of hydrogen-bond acceptors (Lipinski definition) is 4. The molecule has 0 spiro atoms. The van der Waals surface area contributed by atoms with E-state index < -0.39 is 12.8 Å². The van der Waals surface area contributed by atoms with Crippen molar-refractivity contribution in [3.05, 3.63) is 28.3 Å². The molecule has 0 N–H and O–H groups in total. The van der Waals surface area contributed by atoms with Crippen molar-refractivity contribution in [2.45, 2.75) is 18.2 Å². The zero-order valence-electron chi connectivity index (χ0n) is 9.00. The number of thiol groups is 1. The van der Waals surface area contributed by atoms with Crippen molar-refractivity contribution in [3.63, 3.8) is 0 Å². The molecule has 3 nitrogen and oxygen atoms in total. The molecule has 0 atom stereocenters. The third-order valence-electron chi connectivity index (χ3n) is 2.10. The van der Waals surface area contributed by atoms with Crippen molar-refractivity contribution in [3.8, 4) is 0 Å². The first kappa shape index (κ1) is 14.0. The lowest BCUT2D eigenvalue weighted by molar-refractivity contribution is -0.146. The maximum atomic E-state index is 11.8. The van der Waals surface area contributed by atoms with E-state index in [4.69, 9.17) is 11.6 Å². The zero-order valence-corrected chi connectivity index (χ0v) is 10.6. The van der Waals surface area contributed by atoms with Gasteiger partial charge in [0.1, 0.15) is 0 Å². The largest absolute Gasteiger partial charge is 0.433 e. The second-order valence-electron chi connectivity index (χ2n) is 3.32. The van der Waals surface area contributed by atoms with Crippen molar-refractivity contribution in [1.29, 1.82) is 0 Å². The molecule has 0 amide bonds. The quantitative estimate of drug-likeness (QED) is 0.522. The minimum atomic E-state index is -1.19. The van der Waals surface area contributed by atoms with Crippen molar-refractivity contribution in [2.75, 3.05) is 6.86 Å². The van der Waals surface area contributed by atoms with Crippen LogP contribution in [-0.4, -0.2) is 18.6 Å². The molecular weight excluding hydrogens is 267 g/mol. The van der Waals surface area contributed by atoms with Gasteiger partial charge >= 0.3 is 5.97 Å². The fraction of sp³-hybridized carbons (Fsp3) is 0.273. The average Bonchev–Trinajstić information content (AvgIpc) is 2.23. The highest BCUT2D eigenvalue weighted by Gasteiger charge is 2.14. The molecule has 0 bridgehead atoms. The maximum Gasteiger partial charge on any atom is 0.312 e. The van der Waals surface area contributed by atoms with Crippen LogP contribution >= 0.6 is 24.2 Å². The van der Waals surface area contributed by atoms with Crippen LogP contribution in [0.3, 0.4) is 0 Å². The number of rotatable bonds is 4. The summed E-state index contributed by atoms with van der Waals surface area (Å²) in [4.78, 5) is 23.0. The van der Waals surface area contributed by atoms with Crippen LogP contribution < -0.4 is 0 Å². The van der Waals surface area contributed by atoms with Gasteiger partial charge in [-0.3, -0.25) is 9.59 Å². The Morgan fingerprint density at radius 2 is 2.12 bits per heavy atom. The van der Waals surface area contributed by atoms with Gasteiger partial charge in [-0.25, -0.2) is 4.39 Å². The van der Waals surface area contributed by atoms with E-state index in [-0.39, 0.29) is 12.2 Å². The van der Waals surface area contributed by atoms with E-state index in [0.29, 0.717) is 21.0 Å². The molecule has 17 heavy (non-hydrogen) atoms. The number of alkyl halides is 1. The summed E-state index contributed by atoms with van der Waals surface area (Å²) >= 11 is 9.92. The summed E-state index contributed by atoms with van der Waals surface area (Å²) in [5.41, 5.74) is 0.731. The molecule has 6 heteroatoms. The highest BCUT2D eigenvalue weighted by atomic mass is 35.5. The van der Waals surface area contributed by atoms with Gasteiger partial charge in [0, 0.05) is 10.5 Å². The molecule has 0 radical (unpaired) electrons. The van der Waals surface area contributed by atoms with Crippen LogP contribution in [0.4, 0.5) is 4.39 Å². The minimum absolute atomic E-state index is 0.202. The van der Waals surface area contributed by atoms with Crippen LogP contribution in [0.15, 0.2) is 17.0 Å². The van der Waals surface area contributed by atoms with Crippen LogP contribution in [0, 0.1) is 0 Å². The molecule has 0 aromatic heterocycles. The van der Waals surface area contributed by atoms with Crippen molar-refractivity contribution >= 4 is 36.0 Å². The van der Waals surface area contributed by atoms with Gasteiger partial charge in [-0.05, 0) is 24.6 Å². The van der Waals surface area contributed by atoms with Crippen molar-refractivity contribution in [1.82, 2.24) is 0 Å². The Bertz CT molecular complexity index is 462. The summed E-state index contributed by atoms with van der Waals surface area (Å²) in [7, 11) is 0. The van der Waals surface area contributed by atoms with Gasteiger partial charge in [-0.1, -0.05) is 11.6 Å². The number of ether oxygens (including phenoxy) is 1. The maximum absolute atomic E-state index is 11.8. The molecule has 0 saturated heterocycles. The molecule has 0 aliphatic heterocycles. The van der Waals surface area contributed by atoms with E-state index in [1.807, 2.05) is 0 Å². The molecule has 1 aromatic rings. The van der Waals surface area contributed by atoms with Crippen LogP contribution in [0.1, 0.15) is 22.8 Å². The Hall–Kier alpha value is -1.07. The Balaban J connectivity index is 3.08. The number of esters is 1. The predicted octanol–water partition coefficient (Wildman–Crippen LogP) is 2.84. The van der Waals surface area contributed by atoms with E-state index >= 15 is 0 Å². The Kier molecular flexibility index (Phi) is 4.96. The summed E-state index contributed by atoms with van der Waals surface area (Å²) in [5.74, 6) is -0.974. The van der Waals surface area contributed by atoms with Crippen LogP contribution in [0.2, 0.25) is 5.02 Å². The number of carbonyl (C=O) groups is 2. The molecule has 92 valence electrons. The van der Waals surface area contributed by atoms with E-state index in [0.717, 1.165) is 0 Å². The number of halogens is 2. The lowest BCUT2D eigenvalue weighted by atomic mass is 10.0. The molecule has 0 saturated carbocycles. The van der Waals surface area contributed by atoms with E-state index in [1.165, 1.54) is 19.1 Å². The molecular formula is C11H10ClFO3S. The summed E-state index contributed by atoms with van der Waals surface area (Å²) in [6.07, 6.45) is -0.202. The highest BCUT2D eigenvalue weighted by Crippen LogP contribution is 2.25. The molecule has 0 fully saturated rings. The van der Waals surface area contributed by atoms with Gasteiger partial charge in [0.05, 0.1) is 11.4 Å². The first-order valence-electron chi connectivity index (χ1n) is 4.69. The predicted molar refractivity (Wildman–Crippen MR) is 64.5 cm³/mol. The number of carbonyl (C=O) groups excluding carboxylic acids is 2. The Labute approximate surface area is 108 Å². The summed E-state index contributed by atoms with van der Waals surface area (Å²) in [6, 6.07) is 2.94. The number of ketones is 1. The lowest BCUT2D eigenvalue weighted by Crippen LogP contribution is -2.10. The third kappa shape index (κ3) is 3.71. The normalized spacial score (nSPS) is 10.1. The molecule has 0 heterocycles. The smallest absolute Gasteiger partial charge is 0.312 e. The number of Topliss-reactive ketones (excluding diaryl/α,β-unsaturated/α-hetero) is 1. The van der Waals surface area contributed by atoms with E-state index in [2.05, 4.69) is 17.4 Å². The third-order valence-corrected chi connectivity index (χ3v) is 2.92. The van der Waals surface area contributed by atoms with Gasteiger partial charge < -0.3 is 4.74 Å². The second kappa shape index (κ2) is 6.02. The molecule has 1 aromatic carbocycles.